The van der Waals surface area contributed by atoms with Crippen molar-refractivity contribution in [1.29, 1.82) is 0 Å². The van der Waals surface area contributed by atoms with E-state index < -0.39 is 6.61 Å². The van der Waals surface area contributed by atoms with Crippen molar-refractivity contribution in [3.63, 3.8) is 0 Å². The van der Waals surface area contributed by atoms with Gasteiger partial charge in [0, 0.05) is 17.8 Å². The SMILES string of the molecule is O=C(NCCc1ccc(OC(F)F)cc1)c1ccc(NC(=O)c2cccs2)cc1. The summed E-state index contributed by atoms with van der Waals surface area (Å²) in [6.45, 7) is -2.46. The van der Waals surface area contributed by atoms with Crippen LogP contribution in [0.2, 0.25) is 0 Å². The van der Waals surface area contributed by atoms with Crippen molar-refractivity contribution in [3.8, 4) is 5.75 Å². The molecule has 3 rings (SSSR count). The van der Waals surface area contributed by atoms with Gasteiger partial charge in [0.1, 0.15) is 5.75 Å². The van der Waals surface area contributed by atoms with Crippen molar-refractivity contribution in [3.05, 3.63) is 82.0 Å². The van der Waals surface area contributed by atoms with Crippen LogP contribution in [0, 0.1) is 0 Å². The molecule has 8 heteroatoms. The highest BCUT2D eigenvalue weighted by atomic mass is 32.1. The normalized spacial score (nSPS) is 10.6. The maximum Gasteiger partial charge on any atom is 0.387 e. The molecule has 0 radical (unpaired) electrons. The number of carbonyl (C=O) groups is 2. The van der Waals surface area contributed by atoms with Gasteiger partial charge in [-0.2, -0.15) is 8.78 Å². The number of thiophene rings is 1. The third-order valence-electron chi connectivity index (χ3n) is 4.00. The van der Waals surface area contributed by atoms with E-state index in [0.29, 0.717) is 29.1 Å². The first-order valence-electron chi connectivity index (χ1n) is 8.78. The molecule has 1 aromatic heterocycles. The summed E-state index contributed by atoms with van der Waals surface area (Å²) in [4.78, 5) is 24.9. The molecule has 0 bridgehead atoms. The molecule has 150 valence electrons. The topological polar surface area (TPSA) is 67.4 Å². The fourth-order valence-electron chi connectivity index (χ4n) is 2.57. The lowest BCUT2D eigenvalue weighted by atomic mass is 10.1. The van der Waals surface area contributed by atoms with Crippen molar-refractivity contribution in [2.75, 3.05) is 11.9 Å². The summed E-state index contributed by atoms with van der Waals surface area (Å²) in [5, 5.41) is 7.40. The molecule has 0 atom stereocenters. The van der Waals surface area contributed by atoms with Gasteiger partial charge in [0.15, 0.2) is 0 Å². The van der Waals surface area contributed by atoms with Crippen LogP contribution in [0.25, 0.3) is 0 Å². The second-order valence-electron chi connectivity index (χ2n) is 6.04. The molecule has 29 heavy (non-hydrogen) atoms. The molecular weight excluding hydrogens is 398 g/mol. The lowest BCUT2D eigenvalue weighted by Gasteiger charge is -2.08. The van der Waals surface area contributed by atoms with E-state index in [9.17, 15) is 18.4 Å². The van der Waals surface area contributed by atoms with E-state index in [-0.39, 0.29) is 17.6 Å². The minimum Gasteiger partial charge on any atom is -0.435 e. The van der Waals surface area contributed by atoms with Crippen LogP contribution < -0.4 is 15.4 Å². The maximum atomic E-state index is 12.2. The molecule has 0 saturated heterocycles. The highest BCUT2D eigenvalue weighted by Gasteiger charge is 2.09. The lowest BCUT2D eigenvalue weighted by Crippen LogP contribution is -2.25. The van der Waals surface area contributed by atoms with Gasteiger partial charge >= 0.3 is 6.61 Å². The molecule has 0 saturated carbocycles. The highest BCUT2D eigenvalue weighted by Crippen LogP contribution is 2.16. The number of carbonyl (C=O) groups excluding carboxylic acids is 2. The zero-order valence-electron chi connectivity index (χ0n) is 15.2. The summed E-state index contributed by atoms with van der Waals surface area (Å²) >= 11 is 1.35. The Balaban J connectivity index is 1.46. The number of ether oxygens (including phenoxy) is 1. The van der Waals surface area contributed by atoms with E-state index in [1.54, 1.807) is 48.5 Å². The van der Waals surface area contributed by atoms with Crippen molar-refractivity contribution in [1.82, 2.24) is 5.32 Å². The van der Waals surface area contributed by atoms with Gasteiger partial charge in [-0.1, -0.05) is 18.2 Å². The molecule has 2 N–H and O–H groups in total. The van der Waals surface area contributed by atoms with Gasteiger partial charge in [-0.05, 0) is 59.8 Å². The number of nitrogens with one attached hydrogen (secondary N) is 2. The minimum atomic E-state index is -2.85. The van der Waals surface area contributed by atoms with Crippen LogP contribution in [0.4, 0.5) is 14.5 Å². The Morgan fingerprint density at radius 1 is 0.966 bits per heavy atom. The molecule has 0 aliphatic heterocycles. The summed E-state index contributed by atoms with van der Waals surface area (Å²) in [6, 6.07) is 16.4. The van der Waals surface area contributed by atoms with Gasteiger partial charge in [0.2, 0.25) is 0 Å². The first-order chi connectivity index (χ1) is 14.0. The Kier molecular flexibility index (Phi) is 6.91. The Morgan fingerprint density at radius 2 is 1.69 bits per heavy atom. The average molecular weight is 416 g/mol. The molecule has 3 aromatic rings. The Labute approximate surface area is 170 Å². The summed E-state index contributed by atoms with van der Waals surface area (Å²) in [6.07, 6.45) is 0.551. The number of hydrogen-bond acceptors (Lipinski definition) is 4. The van der Waals surface area contributed by atoms with E-state index in [4.69, 9.17) is 0 Å². The Morgan fingerprint density at radius 3 is 2.31 bits per heavy atom. The van der Waals surface area contributed by atoms with Crippen LogP contribution in [0.15, 0.2) is 66.0 Å². The van der Waals surface area contributed by atoms with Gasteiger partial charge in [0.05, 0.1) is 4.88 Å². The minimum absolute atomic E-state index is 0.0963. The van der Waals surface area contributed by atoms with Gasteiger partial charge in [-0.15, -0.1) is 11.3 Å². The van der Waals surface area contributed by atoms with E-state index in [1.807, 2.05) is 5.38 Å². The van der Waals surface area contributed by atoms with Crippen LogP contribution in [-0.2, 0) is 6.42 Å². The summed E-state index contributed by atoms with van der Waals surface area (Å²) in [5.74, 6) is -0.333. The molecule has 5 nitrogen and oxygen atoms in total. The van der Waals surface area contributed by atoms with E-state index >= 15 is 0 Å². The number of anilines is 1. The first-order valence-corrected chi connectivity index (χ1v) is 9.66. The van der Waals surface area contributed by atoms with E-state index in [1.165, 1.54) is 23.5 Å². The van der Waals surface area contributed by atoms with Gasteiger partial charge in [0.25, 0.3) is 11.8 Å². The van der Waals surface area contributed by atoms with Crippen molar-refractivity contribution in [2.45, 2.75) is 13.0 Å². The molecule has 2 amide bonds. The molecule has 0 unspecified atom stereocenters. The quantitative estimate of drug-likeness (QED) is 0.565. The molecule has 0 aliphatic carbocycles. The molecule has 2 aromatic carbocycles. The van der Waals surface area contributed by atoms with Crippen LogP contribution in [0.1, 0.15) is 25.6 Å². The van der Waals surface area contributed by atoms with E-state index in [0.717, 1.165) is 5.56 Å². The third kappa shape index (κ3) is 6.11. The summed E-state index contributed by atoms with van der Waals surface area (Å²) in [7, 11) is 0. The second kappa shape index (κ2) is 9.79. The Hall–Kier alpha value is -3.26. The predicted molar refractivity (Wildman–Crippen MR) is 108 cm³/mol. The standard InChI is InChI=1S/C21H18F2N2O3S/c22-21(23)28-17-9-3-14(4-10-17)11-12-24-19(26)15-5-7-16(8-6-15)25-20(27)18-2-1-13-29-18/h1-10,13,21H,11-12H2,(H,24,26)(H,25,27). The number of amides is 2. The summed E-state index contributed by atoms with van der Waals surface area (Å²) < 4.78 is 28.6. The fourth-order valence-corrected chi connectivity index (χ4v) is 3.18. The van der Waals surface area contributed by atoms with Crippen LogP contribution in [0.3, 0.4) is 0 Å². The van der Waals surface area contributed by atoms with Crippen molar-refractivity contribution < 1.29 is 23.1 Å². The molecule has 0 aliphatic rings. The summed E-state index contributed by atoms with van der Waals surface area (Å²) in [5.41, 5.74) is 1.96. The van der Waals surface area contributed by atoms with Crippen LogP contribution in [-0.4, -0.2) is 25.0 Å². The zero-order valence-corrected chi connectivity index (χ0v) is 16.0. The molecule has 1 heterocycles. The lowest BCUT2D eigenvalue weighted by molar-refractivity contribution is -0.0498. The van der Waals surface area contributed by atoms with E-state index in [2.05, 4.69) is 15.4 Å². The highest BCUT2D eigenvalue weighted by molar-refractivity contribution is 7.12. The van der Waals surface area contributed by atoms with Crippen LogP contribution in [0.5, 0.6) is 5.75 Å². The molecular formula is C21H18F2N2O3S. The largest absolute Gasteiger partial charge is 0.435 e. The number of rotatable bonds is 8. The van der Waals surface area contributed by atoms with Crippen molar-refractivity contribution >= 4 is 28.8 Å². The maximum absolute atomic E-state index is 12.2. The number of benzene rings is 2. The fraction of sp³-hybridized carbons (Fsp3) is 0.143. The second-order valence-corrected chi connectivity index (χ2v) is 6.98. The number of alkyl halides is 2. The first kappa shape index (κ1) is 20.5. The van der Waals surface area contributed by atoms with Gasteiger partial charge in [-0.25, -0.2) is 0 Å². The van der Waals surface area contributed by atoms with Crippen molar-refractivity contribution in [2.24, 2.45) is 0 Å². The Bertz CT molecular complexity index is 943. The average Bonchev–Trinajstić information content (AvgIpc) is 3.24. The molecule has 0 fully saturated rings. The van der Waals surface area contributed by atoms with Crippen LogP contribution >= 0.6 is 11.3 Å². The smallest absolute Gasteiger partial charge is 0.387 e. The zero-order chi connectivity index (χ0) is 20.6. The van der Waals surface area contributed by atoms with Gasteiger partial charge in [-0.3, -0.25) is 9.59 Å². The van der Waals surface area contributed by atoms with Gasteiger partial charge < -0.3 is 15.4 Å². The number of halogens is 2. The molecule has 0 spiro atoms. The predicted octanol–water partition coefficient (Wildman–Crippen LogP) is 4.57. The number of hydrogen-bond donors (Lipinski definition) is 2. The third-order valence-corrected chi connectivity index (χ3v) is 4.87. The monoisotopic (exact) mass is 416 g/mol.